The normalized spacial score (nSPS) is 15.1. The van der Waals surface area contributed by atoms with E-state index in [0.29, 0.717) is 11.6 Å². The first-order valence-corrected chi connectivity index (χ1v) is 10.8. The van der Waals surface area contributed by atoms with Crippen LogP contribution in [0.4, 0.5) is 0 Å². The fraction of sp³-hybridized carbons (Fsp3) is 0.261. The van der Waals surface area contributed by atoms with Crippen molar-refractivity contribution in [2.24, 2.45) is 0 Å². The number of nitrogens with zero attached hydrogens (tertiary/aromatic N) is 3. The number of aryl methyl sites for hydroxylation is 1. The van der Waals surface area contributed by atoms with Gasteiger partial charge in [0.25, 0.3) is 5.91 Å². The molecule has 5 rings (SSSR count). The first kappa shape index (κ1) is 18.1. The van der Waals surface area contributed by atoms with Crippen LogP contribution in [-0.2, 0) is 0 Å². The number of likely N-dealkylation sites (tertiary alicyclic amines) is 1. The molecule has 4 aromatic rings. The number of hydrogen-bond donors (Lipinski definition) is 1. The SMILES string of the molecule is Cc1ccc(-c2nc(C(=O)N3CCC(c4c[nH]c5ncccc45)CC3)cs2)cc1. The Morgan fingerprint density at radius 2 is 1.97 bits per heavy atom. The number of benzene rings is 1. The Morgan fingerprint density at radius 1 is 1.17 bits per heavy atom. The standard InChI is InChI=1S/C23H22N4OS/c1-15-4-6-17(7-5-15)22-26-20(14-29-22)23(28)27-11-8-16(9-12-27)19-13-25-21-18(19)3-2-10-24-21/h2-7,10,13-14,16H,8-9,11-12H2,1H3,(H,24,25). The summed E-state index contributed by atoms with van der Waals surface area (Å²) < 4.78 is 0. The summed E-state index contributed by atoms with van der Waals surface area (Å²) in [5.41, 5.74) is 5.09. The molecule has 0 bridgehead atoms. The summed E-state index contributed by atoms with van der Waals surface area (Å²) in [6.45, 7) is 3.58. The van der Waals surface area contributed by atoms with E-state index in [9.17, 15) is 4.79 Å². The quantitative estimate of drug-likeness (QED) is 0.524. The lowest BCUT2D eigenvalue weighted by atomic mass is 9.89. The molecule has 146 valence electrons. The number of amides is 1. The summed E-state index contributed by atoms with van der Waals surface area (Å²) in [4.78, 5) is 27.2. The first-order chi connectivity index (χ1) is 14.2. The molecule has 0 atom stereocenters. The zero-order chi connectivity index (χ0) is 19.8. The molecule has 3 aromatic heterocycles. The van der Waals surface area contributed by atoms with Crippen molar-refractivity contribution in [3.63, 3.8) is 0 Å². The van der Waals surface area contributed by atoms with Gasteiger partial charge in [0, 0.05) is 41.8 Å². The minimum Gasteiger partial charge on any atom is -0.346 e. The second-order valence-electron chi connectivity index (χ2n) is 7.61. The van der Waals surface area contributed by atoms with E-state index in [2.05, 4.69) is 58.4 Å². The average Bonchev–Trinajstić information content (AvgIpc) is 3.42. The Bertz CT molecular complexity index is 1150. The van der Waals surface area contributed by atoms with Gasteiger partial charge in [-0.1, -0.05) is 29.8 Å². The molecule has 29 heavy (non-hydrogen) atoms. The van der Waals surface area contributed by atoms with Gasteiger partial charge in [-0.15, -0.1) is 11.3 Å². The Hall–Kier alpha value is -2.99. The number of rotatable bonds is 3. The van der Waals surface area contributed by atoms with Crippen molar-refractivity contribution < 1.29 is 4.79 Å². The van der Waals surface area contributed by atoms with E-state index in [1.165, 1.54) is 27.8 Å². The summed E-state index contributed by atoms with van der Waals surface area (Å²) in [5, 5.41) is 3.98. The van der Waals surface area contributed by atoms with Crippen molar-refractivity contribution in [3.05, 3.63) is 71.0 Å². The molecule has 1 aliphatic heterocycles. The van der Waals surface area contributed by atoms with Crippen molar-refractivity contribution >= 4 is 28.3 Å². The smallest absolute Gasteiger partial charge is 0.273 e. The molecule has 0 radical (unpaired) electrons. The van der Waals surface area contributed by atoms with Crippen LogP contribution in [0.2, 0.25) is 0 Å². The van der Waals surface area contributed by atoms with Crippen LogP contribution in [0.5, 0.6) is 0 Å². The Balaban J connectivity index is 1.27. The third-order valence-electron chi connectivity index (χ3n) is 5.73. The number of carbonyl (C=O) groups excluding carboxylic acids is 1. The molecule has 1 aliphatic rings. The minimum atomic E-state index is 0.0404. The van der Waals surface area contributed by atoms with E-state index in [0.717, 1.165) is 42.1 Å². The van der Waals surface area contributed by atoms with E-state index in [-0.39, 0.29) is 5.91 Å². The molecule has 0 aliphatic carbocycles. The second-order valence-corrected chi connectivity index (χ2v) is 8.47. The van der Waals surface area contributed by atoms with E-state index < -0.39 is 0 Å². The van der Waals surface area contributed by atoms with Gasteiger partial charge in [-0.05, 0) is 43.4 Å². The average molecular weight is 403 g/mol. The molecule has 1 N–H and O–H groups in total. The number of hydrogen-bond acceptors (Lipinski definition) is 4. The number of piperidine rings is 1. The number of carbonyl (C=O) groups is 1. The van der Waals surface area contributed by atoms with Crippen LogP contribution in [0, 0.1) is 6.92 Å². The lowest BCUT2D eigenvalue weighted by molar-refractivity contribution is 0.0708. The highest BCUT2D eigenvalue weighted by atomic mass is 32.1. The molecule has 1 aromatic carbocycles. The highest BCUT2D eigenvalue weighted by molar-refractivity contribution is 7.13. The first-order valence-electron chi connectivity index (χ1n) is 9.93. The van der Waals surface area contributed by atoms with Gasteiger partial charge in [-0.3, -0.25) is 4.79 Å². The van der Waals surface area contributed by atoms with Crippen LogP contribution in [0.25, 0.3) is 21.6 Å². The topological polar surface area (TPSA) is 61.9 Å². The van der Waals surface area contributed by atoms with E-state index in [1.54, 1.807) is 0 Å². The Morgan fingerprint density at radius 3 is 2.76 bits per heavy atom. The molecule has 1 amide bonds. The number of thiazole rings is 1. The van der Waals surface area contributed by atoms with Crippen LogP contribution in [0.15, 0.2) is 54.2 Å². The number of H-pyrrole nitrogens is 1. The van der Waals surface area contributed by atoms with E-state index in [1.807, 2.05) is 22.5 Å². The predicted molar refractivity (Wildman–Crippen MR) is 116 cm³/mol. The zero-order valence-electron chi connectivity index (χ0n) is 16.3. The van der Waals surface area contributed by atoms with Crippen molar-refractivity contribution in [2.75, 3.05) is 13.1 Å². The predicted octanol–water partition coefficient (Wildman–Crippen LogP) is 5.01. The van der Waals surface area contributed by atoms with Gasteiger partial charge in [0.15, 0.2) is 0 Å². The number of pyridine rings is 1. The monoisotopic (exact) mass is 402 g/mol. The molecule has 1 fully saturated rings. The maximum absolute atomic E-state index is 13.0. The number of aromatic amines is 1. The van der Waals surface area contributed by atoms with Gasteiger partial charge >= 0.3 is 0 Å². The lowest BCUT2D eigenvalue weighted by Crippen LogP contribution is -2.38. The van der Waals surface area contributed by atoms with Crippen LogP contribution in [-0.4, -0.2) is 38.8 Å². The van der Waals surface area contributed by atoms with Gasteiger partial charge in [-0.25, -0.2) is 9.97 Å². The molecule has 4 heterocycles. The zero-order valence-corrected chi connectivity index (χ0v) is 17.1. The third kappa shape index (κ3) is 3.44. The van der Waals surface area contributed by atoms with Crippen LogP contribution < -0.4 is 0 Å². The maximum atomic E-state index is 13.0. The fourth-order valence-electron chi connectivity index (χ4n) is 4.07. The molecular formula is C23H22N4OS. The van der Waals surface area contributed by atoms with Crippen molar-refractivity contribution in [1.29, 1.82) is 0 Å². The molecule has 1 saturated heterocycles. The van der Waals surface area contributed by atoms with Crippen molar-refractivity contribution in [3.8, 4) is 10.6 Å². The van der Waals surface area contributed by atoms with Gasteiger partial charge < -0.3 is 9.88 Å². The van der Waals surface area contributed by atoms with Crippen LogP contribution in [0.3, 0.4) is 0 Å². The lowest BCUT2D eigenvalue weighted by Gasteiger charge is -2.31. The van der Waals surface area contributed by atoms with Crippen molar-refractivity contribution in [1.82, 2.24) is 19.9 Å². The highest BCUT2D eigenvalue weighted by Crippen LogP contribution is 2.33. The van der Waals surface area contributed by atoms with Gasteiger partial charge in [0.1, 0.15) is 16.3 Å². The third-order valence-corrected chi connectivity index (χ3v) is 6.62. The number of aromatic nitrogens is 3. The minimum absolute atomic E-state index is 0.0404. The molecule has 0 unspecified atom stereocenters. The molecule has 6 heteroatoms. The summed E-state index contributed by atoms with van der Waals surface area (Å²) in [7, 11) is 0. The number of fused-ring (bicyclic) bond motifs is 1. The van der Waals surface area contributed by atoms with Crippen molar-refractivity contribution in [2.45, 2.75) is 25.7 Å². The van der Waals surface area contributed by atoms with Crippen LogP contribution >= 0.6 is 11.3 Å². The maximum Gasteiger partial charge on any atom is 0.273 e. The summed E-state index contributed by atoms with van der Waals surface area (Å²) in [6.07, 6.45) is 5.81. The van der Waals surface area contributed by atoms with Crippen LogP contribution in [0.1, 0.15) is 40.4 Å². The van der Waals surface area contributed by atoms with E-state index in [4.69, 9.17) is 0 Å². The Kier molecular flexibility index (Phi) is 4.64. The number of nitrogens with one attached hydrogen (secondary N) is 1. The molecule has 5 nitrogen and oxygen atoms in total. The largest absolute Gasteiger partial charge is 0.346 e. The highest BCUT2D eigenvalue weighted by Gasteiger charge is 2.27. The van der Waals surface area contributed by atoms with E-state index >= 15 is 0 Å². The van der Waals surface area contributed by atoms with Gasteiger partial charge in [0.05, 0.1) is 0 Å². The summed E-state index contributed by atoms with van der Waals surface area (Å²) in [5.74, 6) is 0.495. The second kappa shape index (κ2) is 7.44. The van der Waals surface area contributed by atoms with Gasteiger partial charge in [-0.2, -0.15) is 0 Å². The Labute approximate surface area is 173 Å². The summed E-state index contributed by atoms with van der Waals surface area (Å²) in [6, 6.07) is 12.4. The molecule has 0 spiro atoms. The molecular weight excluding hydrogens is 380 g/mol. The van der Waals surface area contributed by atoms with Gasteiger partial charge in [0.2, 0.25) is 0 Å². The molecule has 0 saturated carbocycles. The fourth-order valence-corrected chi connectivity index (χ4v) is 4.87. The summed E-state index contributed by atoms with van der Waals surface area (Å²) >= 11 is 1.53.